The van der Waals surface area contributed by atoms with E-state index in [9.17, 15) is 9.59 Å². The smallest absolute Gasteiger partial charge is 0.243 e. The minimum Gasteiger partial charge on any atom is -0.493 e. The first-order chi connectivity index (χ1) is 14.5. The number of hydrogen-bond acceptors (Lipinski definition) is 4. The monoisotopic (exact) mass is 411 g/mol. The molecule has 2 aromatic carbocycles. The van der Waals surface area contributed by atoms with E-state index < -0.39 is 0 Å². The molecule has 6 nitrogen and oxygen atoms in total. The number of rotatable bonds is 12. The Morgan fingerprint density at radius 3 is 2.20 bits per heavy atom. The van der Waals surface area contributed by atoms with Crippen LogP contribution in [-0.2, 0) is 9.59 Å². The molecule has 2 rings (SSSR count). The van der Waals surface area contributed by atoms with Crippen LogP contribution in [0, 0.1) is 5.92 Å². The van der Waals surface area contributed by atoms with Crippen LogP contribution >= 0.6 is 0 Å². The number of nitrogens with one attached hydrogen (secondary N) is 3. The number of hydrogen-bond donors (Lipinski definition) is 3. The highest BCUT2D eigenvalue weighted by atomic mass is 16.5. The van der Waals surface area contributed by atoms with E-state index in [1.165, 1.54) is 0 Å². The first kappa shape index (κ1) is 23.3. The molecule has 0 heterocycles. The molecule has 0 aliphatic carbocycles. The standard InChI is InChI=1S/C24H33N3O3/c1-4-5-6-10-23(28)26-20-8-7-9-21(15-20)27-24(29)16-25-19-11-13-22(14-12-19)30-17-18(2)3/h7-9,11-15,18,25H,4-6,10,16-17H2,1-3H3,(H,26,28)(H,27,29). The van der Waals surface area contributed by atoms with Crippen LogP contribution in [0.3, 0.4) is 0 Å². The van der Waals surface area contributed by atoms with Gasteiger partial charge in [-0.05, 0) is 54.8 Å². The molecular formula is C24H33N3O3. The third-order valence-corrected chi connectivity index (χ3v) is 4.33. The number of benzene rings is 2. The number of amides is 2. The number of ether oxygens (including phenoxy) is 1. The minimum absolute atomic E-state index is 0.00517. The number of unbranched alkanes of at least 4 members (excludes halogenated alkanes) is 2. The normalized spacial score (nSPS) is 10.5. The van der Waals surface area contributed by atoms with Gasteiger partial charge in [-0.2, -0.15) is 0 Å². The average Bonchev–Trinajstić information content (AvgIpc) is 2.72. The lowest BCUT2D eigenvalue weighted by Crippen LogP contribution is -2.21. The van der Waals surface area contributed by atoms with Crippen LogP contribution in [0.2, 0.25) is 0 Å². The molecule has 3 N–H and O–H groups in total. The van der Waals surface area contributed by atoms with Crippen molar-refractivity contribution in [2.45, 2.75) is 46.5 Å². The van der Waals surface area contributed by atoms with Gasteiger partial charge in [0.05, 0.1) is 13.2 Å². The summed E-state index contributed by atoms with van der Waals surface area (Å²) in [7, 11) is 0. The van der Waals surface area contributed by atoms with Gasteiger partial charge in [0.2, 0.25) is 11.8 Å². The molecule has 0 aromatic heterocycles. The quantitative estimate of drug-likeness (QED) is 0.415. The molecule has 0 fully saturated rings. The van der Waals surface area contributed by atoms with Gasteiger partial charge in [0.15, 0.2) is 0 Å². The van der Waals surface area contributed by atoms with E-state index >= 15 is 0 Å². The van der Waals surface area contributed by atoms with Crippen molar-refractivity contribution in [1.29, 1.82) is 0 Å². The lowest BCUT2D eigenvalue weighted by Gasteiger charge is -2.11. The maximum absolute atomic E-state index is 12.3. The van der Waals surface area contributed by atoms with E-state index in [0.29, 0.717) is 30.3 Å². The maximum atomic E-state index is 12.3. The van der Waals surface area contributed by atoms with Crippen LogP contribution in [0.15, 0.2) is 48.5 Å². The van der Waals surface area contributed by atoms with Crippen LogP contribution in [0.5, 0.6) is 5.75 Å². The maximum Gasteiger partial charge on any atom is 0.243 e. The summed E-state index contributed by atoms with van der Waals surface area (Å²) in [6.07, 6.45) is 3.52. The molecule has 6 heteroatoms. The van der Waals surface area contributed by atoms with Gasteiger partial charge in [-0.3, -0.25) is 9.59 Å². The lowest BCUT2D eigenvalue weighted by molar-refractivity contribution is -0.116. The van der Waals surface area contributed by atoms with Crippen LogP contribution in [0.1, 0.15) is 46.5 Å². The second-order valence-corrected chi connectivity index (χ2v) is 7.72. The third-order valence-electron chi connectivity index (χ3n) is 4.33. The Hall–Kier alpha value is -3.02. The summed E-state index contributed by atoms with van der Waals surface area (Å²) in [5.41, 5.74) is 2.17. The summed E-state index contributed by atoms with van der Waals surface area (Å²) in [6.45, 7) is 7.13. The van der Waals surface area contributed by atoms with Crippen molar-refractivity contribution in [3.63, 3.8) is 0 Å². The fraction of sp³-hybridized carbons (Fsp3) is 0.417. The molecule has 30 heavy (non-hydrogen) atoms. The Morgan fingerprint density at radius 1 is 0.900 bits per heavy atom. The molecule has 0 saturated carbocycles. The van der Waals surface area contributed by atoms with E-state index in [0.717, 1.165) is 30.7 Å². The van der Waals surface area contributed by atoms with Crippen molar-refractivity contribution in [3.05, 3.63) is 48.5 Å². The number of anilines is 3. The molecule has 162 valence electrons. The summed E-state index contributed by atoms with van der Waals surface area (Å²) in [4.78, 5) is 24.2. The van der Waals surface area contributed by atoms with Crippen LogP contribution < -0.4 is 20.7 Å². The van der Waals surface area contributed by atoms with Gasteiger partial charge in [0.1, 0.15) is 5.75 Å². The molecule has 0 bridgehead atoms. The topological polar surface area (TPSA) is 79.5 Å². The van der Waals surface area contributed by atoms with Gasteiger partial charge in [-0.25, -0.2) is 0 Å². The van der Waals surface area contributed by atoms with Crippen molar-refractivity contribution < 1.29 is 14.3 Å². The number of carbonyl (C=O) groups excluding carboxylic acids is 2. The van der Waals surface area contributed by atoms with Gasteiger partial charge < -0.3 is 20.7 Å². The molecule has 0 spiro atoms. The van der Waals surface area contributed by atoms with Crippen LogP contribution in [-0.4, -0.2) is 25.0 Å². The van der Waals surface area contributed by atoms with Gasteiger partial charge in [-0.15, -0.1) is 0 Å². The highest BCUT2D eigenvalue weighted by Gasteiger charge is 2.06. The molecule has 0 aliphatic rings. The molecular weight excluding hydrogens is 378 g/mol. The minimum atomic E-state index is -0.165. The Morgan fingerprint density at radius 2 is 1.57 bits per heavy atom. The molecule has 0 atom stereocenters. The van der Waals surface area contributed by atoms with Crippen molar-refractivity contribution in [3.8, 4) is 5.75 Å². The van der Waals surface area contributed by atoms with E-state index in [1.807, 2.05) is 30.3 Å². The fourth-order valence-corrected chi connectivity index (χ4v) is 2.75. The number of carbonyl (C=O) groups is 2. The highest BCUT2D eigenvalue weighted by molar-refractivity contribution is 5.95. The highest BCUT2D eigenvalue weighted by Crippen LogP contribution is 2.17. The first-order valence-corrected chi connectivity index (χ1v) is 10.6. The van der Waals surface area contributed by atoms with Crippen molar-refractivity contribution >= 4 is 28.9 Å². The van der Waals surface area contributed by atoms with E-state index in [2.05, 4.69) is 36.7 Å². The molecule has 0 radical (unpaired) electrons. The molecule has 2 aromatic rings. The van der Waals surface area contributed by atoms with E-state index in [1.54, 1.807) is 18.2 Å². The predicted octanol–water partition coefficient (Wildman–Crippen LogP) is 5.29. The van der Waals surface area contributed by atoms with Crippen molar-refractivity contribution in [2.24, 2.45) is 5.92 Å². The molecule has 0 unspecified atom stereocenters. The first-order valence-electron chi connectivity index (χ1n) is 10.6. The Kier molecular flexibility index (Phi) is 9.71. The van der Waals surface area contributed by atoms with Crippen LogP contribution in [0.25, 0.3) is 0 Å². The summed E-state index contributed by atoms with van der Waals surface area (Å²) < 4.78 is 5.66. The van der Waals surface area contributed by atoms with Gasteiger partial charge in [0.25, 0.3) is 0 Å². The predicted molar refractivity (Wildman–Crippen MR) is 123 cm³/mol. The zero-order valence-corrected chi connectivity index (χ0v) is 18.2. The summed E-state index contributed by atoms with van der Waals surface area (Å²) in [5.74, 6) is 1.11. The zero-order valence-electron chi connectivity index (χ0n) is 18.2. The van der Waals surface area contributed by atoms with E-state index in [-0.39, 0.29) is 18.4 Å². The van der Waals surface area contributed by atoms with Crippen molar-refractivity contribution in [1.82, 2.24) is 0 Å². The summed E-state index contributed by atoms with van der Waals surface area (Å²) in [6, 6.07) is 14.7. The Balaban J connectivity index is 1.78. The fourth-order valence-electron chi connectivity index (χ4n) is 2.75. The largest absolute Gasteiger partial charge is 0.493 e. The SMILES string of the molecule is CCCCCC(=O)Nc1cccc(NC(=O)CNc2ccc(OCC(C)C)cc2)c1. The summed E-state index contributed by atoms with van der Waals surface area (Å²) in [5, 5.41) is 8.82. The Bertz CT molecular complexity index is 804. The second-order valence-electron chi connectivity index (χ2n) is 7.72. The average molecular weight is 412 g/mol. The van der Waals surface area contributed by atoms with Crippen LogP contribution in [0.4, 0.5) is 17.1 Å². The van der Waals surface area contributed by atoms with E-state index in [4.69, 9.17) is 4.74 Å². The third kappa shape index (κ3) is 8.99. The second kappa shape index (κ2) is 12.5. The summed E-state index contributed by atoms with van der Waals surface area (Å²) >= 11 is 0. The molecule has 0 aliphatic heterocycles. The van der Waals surface area contributed by atoms with Gasteiger partial charge in [-0.1, -0.05) is 39.7 Å². The van der Waals surface area contributed by atoms with Gasteiger partial charge >= 0.3 is 0 Å². The lowest BCUT2D eigenvalue weighted by atomic mass is 10.2. The molecule has 0 saturated heterocycles. The molecule has 2 amide bonds. The van der Waals surface area contributed by atoms with Crippen molar-refractivity contribution in [2.75, 3.05) is 29.1 Å². The zero-order chi connectivity index (χ0) is 21.8. The Labute approximate surface area is 179 Å². The van der Waals surface area contributed by atoms with Gasteiger partial charge in [0, 0.05) is 23.5 Å².